The van der Waals surface area contributed by atoms with Crippen LogP contribution >= 0.6 is 0 Å². The second-order valence-electron chi connectivity index (χ2n) is 5.67. The van der Waals surface area contributed by atoms with E-state index in [0.717, 1.165) is 31.5 Å². The van der Waals surface area contributed by atoms with Crippen molar-refractivity contribution in [2.75, 3.05) is 39.4 Å². The van der Waals surface area contributed by atoms with Gasteiger partial charge in [0.1, 0.15) is 5.82 Å². The summed E-state index contributed by atoms with van der Waals surface area (Å²) in [4.78, 5) is 14.1. The number of carbonyl (C=O) groups is 1. The van der Waals surface area contributed by atoms with Crippen molar-refractivity contribution in [3.8, 4) is 0 Å². The van der Waals surface area contributed by atoms with Crippen LogP contribution in [0.4, 0.5) is 4.39 Å². The Balaban J connectivity index is 1.75. The minimum Gasteiger partial charge on any atom is -0.378 e. The minimum absolute atomic E-state index is 0.103. The first-order valence-corrected chi connectivity index (χ1v) is 7.63. The van der Waals surface area contributed by atoms with Gasteiger partial charge in [0.2, 0.25) is 0 Å². The van der Waals surface area contributed by atoms with Gasteiger partial charge in [0.15, 0.2) is 0 Å². The molecule has 0 saturated carbocycles. The molecular formula is C16H21FN2O2. The number of hydrogen-bond donors (Lipinski definition) is 1. The molecule has 1 aromatic rings. The third-order valence-corrected chi connectivity index (χ3v) is 4.32. The summed E-state index contributed by atoms with van der Waals surface area (Å²) in [6.07, 6.45) is 1.90. The SMILES string of the molecule is O=C(c1ccc(C2CCNCC2)c(F)c1)N1CCOCC1. The molecule has 0 atom stereocenters. The Morgan fingerprint density at radius 3 is 2.62 bits per heavy atom. The van der Waals surface area contributed by atoms with Gasteiger partial charge in [0.05, 0.1) is 13.2 Å². The monoisotopic (exact) mass is 292 g/mol. The fourth-order valence-electron chi connectivity index (χ4n) is 3.07. The maximum absolute atomic E-state index is 14.3. The van der Waals surface area contributed by atoms with E-state index in [9.17, 15) is 9.18 Å². The smallest absolute Gasteiger partial charge is 0.254 e. The molecule has 21 heavy (non-hydrogen) atoms. The number of amides is 1. The second kappa shape index (κ2) is 6.54. The molecular weight excluding hydrogens is 271 g/mol. The average molecular weight is 292 g/mol. The molecule has 0 unspecified atom stereocenters. The summed E-state index contributed by atoms with van der Waals surface area (Å²) >= 11 is 0. The van der Waals surface area contributed by atoms with Gasteiger partial charge in [-0.2, -0.15) is 0 Å². The molecule has 0 aromatic heterocycles. The minimum atomic E-state index is -0.249. The summed E-state index contributed by atoms with van der Waals surface area (Å²) in [6.45, 7) is 4.13. The summed E-state index contributed by atoms with van der Waals surface area (Å²) in [5.41, 5.74) is 1.18. The summed E-state index contributed by atoms with van der Waals surface area (Å²) in [6, 6.07) is 4.95. The van der Waals surface area contributed by atoms with Crippen molar-refractivity contribution in [2.45, 2.75) is 18.8 Å². The molecule has 114 valence electrons. The number of benzene rings is 1. The molecule has 0 bridgehead atoms. The Morgan fingerprint density at radius 1 is 1.24 bits per heavy atom. The highest BCUT2D eigenvalue weighted by Crippen LogP contribution is 2.28. The van der Waals surface area contributed by atoms with Crippen LogP contribution in [0.25, 0.3) is 0 Å². The van der Waals surface area contributed by atoms with Crippen molar-refractivity contribution in [2.24, 2.45) is 0 Å². The summed E-state index contributed by atoms with van der Waals surface area (Å²) in [5.74, 6) is -0.0890. The Kier molecular flexibility index (Phi) is 4.51. The lowest BCUT2D eigenvalue weighted by Gasteiger charge is -2.27. The van der Waals surface area contributed by atoms with E-state index < -0.39 is 0 Å². The quantitative estimate of drug-likeness (QED) is 0.903. The van der Waals surface area contributed by atoms with Crippen molar-refractivity contribution in [1.82, 2.24) is 10.2 Å². The number of halogens is 1. The largest absolute Gasteiger partial charge is 0.378 e. The molecule has 4 nitrogen and oxygen atoms in total. The molecule has 2 heterocycles. The summed E-state index contributed by atoms with van der Waals surface area (Å²) < 4.78 is 19.6. The van der Waals surface area contributed by atoms with Gasteiger partial charge in [0, 0.05) is 18.7 Å². The van der Waals surface area contributed by atoms with E-state index in [2.05, 4.69) is 5.32 Å². The number of morpholine rings is 1. The van der Waals surface area contributed by atoms with E-state index in [1.54, 1.807) is 17.0 Å². The van der Waals surface area contributed by atoms with E-state index in [1.165, 1.54) is 6.07 Å². The lowest BCUT2D eigenvalue weighted by atomic mass is 9.89. The number of nitrogens with zero attached hydrogens (tertiary/aromatic N) is 1. The number of hydrogen-bond acceptors (Lipinski definition) is 3. The first-order valence-electron chi connectivity index (χ1n) is 7.63. The molecule has 2 saturated heterocycles. The van der Waals surface area contributed by atoms with Crippen LogP contribution in [-0.2, 0) is 4.74 Å². The fraction of sp³-hybridized carbons (Fsp3) is 0.562. The van der Waals surface area contributed by atoms with Crippen LogP contribution in [0.15, 0.2) is 18.2 Å². The van der Waals surface area contributed by atoms with E-state index in [-0.39, 0.29) is 17.6 Å². The van der Waals surface area contributed by atoms with Crippen LogP contribution in [-0.4, -0.2) is 50.2 Å². The zero-order valence-electron chi connectivity index (χ0n) is 12.1. The predicted molar refractivity (Wildman–Crippen MR) is 78.0 cm³/mol. The van der Waals surface area contributed by atoms with Crippen LogP contribution in [0, 0.1) is 5.82 Å². The maximum Gasteiger partial charge on any atom is 0.254 e. The molecule has 0 spiro atoms. The number of ether oxygens (including phenoxy) is 1. The first kappa shape index (κ1) is 14.5. The summed E-state index contributed by atoms with van der Waals surface area (Å²) in [5, 5.41) is 3.28. The predicted octanol–water partition coefficient (Wildman–Crippen LogP) is 1.77. The lowest BCUT2D eigenvalue weighted by molar-refractivity contribution is 0.0302. The zero-order valence-corrected chi connectivity index (χ0v) is 12.1. The van der Waals surface area contributed by atoms with Crippen LogP contribution in [0.2, 0.25) is 0 Å². The molecule has 2 aliphatic rings. The molecule has 1 N–H and O–H groups in total. The Bertz CT molecular complexity index is 509. The van der Waals surface area contributed by atoms with Crippen molar-refractivity contribution in [3.63, 3.8) is 0 Å². The van der Waals surface area contributed by atoms with Gasteiger partial charge in [-0.1, -0.05) is 6.07 Å². The highest BCUT2D eigenvalue weighted by atomic mass is 19.1. The molecule has 2 fully saturated rings. The highest BCUT2D eigenvalue weighted by molar-refractivity contribution is 5.94. The van der Waals surface area contributed by atoms with Crippen molar-refractivity contribution in [1.29, 1.82) is 0 Å². The van der Waals surface area contributed by atoms with Crippen molar-refractivity contribution in [3.05, 3.63) is 35.1 Å². The fourth-order valence-corrected chi connectivity index (χ4v) is 3.07. The molecule has 0 aliphatic carbocycles. The van der Waals surface area contributed by atoms with E-state index >= 15 is 0 Å². The van der Waals surface area contributed by atoms with Crippen molar-refractivity contribution < 1.29 is 13.9 Å². The molecule has 5 heteroatoms. The number of rotatable bonds is 2. The molecule has 0 radical (unpaired) electrons. The Morgan fingerprint density at radius 2 is 1.95 bits per heavy atom. The average Bonchev–Trinajstić information content (AvgIpc) is 2.55. The van der Waals surface area contributed by atoms with Gasteiger partial charge in [-0.05, 0) is 49.5 Å². The third-order valence-electron chi connectivity index (χ3n) is 4.32. The zero-order chi connectivity index (χ0) is 14.7. The first-order chi connectivity index (χ1) is 10.3. The Labute approximate surface area is 124 Å². The molecule has 2 aliphatic heterocycles. The van der Waals surface area contributed by atoms with E-state index in [4.69, 9.17) is 4.74 Å². The molecule has 1 aromatic carbocycles. The standard InChI is InChI=1S/C16H21FN2O2/c17-15-11-13(16(20)19-7-9-21-10-8-19)1-2-14(15)12-3-5-18-6-4-12/h1-2,11-12,18H,3-10H2. The normalized spacial score (nSPS) is 20.5. The van der Waals surface area contributed by atoms with Crippen molar-refractivity contribution >= 4 is 5.91 Å². The summed E-state index contributed by atoms with van der Waals surface area (Å²) in [7, 11) is 0. The van der Waals surface area contributed by atoms with Gasteiger partial charge < -0.3 is 15.0 Å². The maximum atomic E-state index is 14.3. The van der Waals surface area contributed by atoms with E-state index in [0.29, 0.717) is 31.9 Å². The van der Waals surface area contributed by atoms with Gasteiger partial charge in [-0.25, -0.2) is 4.39 Å². The van der Waals surface area contributed by atoms with E-state index in [1.807, 2.05) is 0 Å². The van der Waals surface area contributed by atoms with Gasteiger partial charge in [-0.3, -0.25) is 4.79 Å². The van der Waals surface area contributed by atoms with Crippen LogP contribution < -0.4 is 5.32 Å². The topological polar surface area (TPSA) is 41.6 Å². The van der Waals surface area contributed by atoms with Crippen LogP contribution in [0.3, 0.4) is 0 Å². The number of piperidine rings is 1. The molecule has 3 rings (SSSR count). The highest BCUT2D eigenvalue weighted by Gasteiger charge is 2.22. The van der Waals surface area contributed by atoms with Gasteiger partial charge >= 0.3 is 0 Å². The Hall–Kier alpha value is -1.46. The van der Waals surface area contributed by atoms with Gasteiger partial charge in [-0.15, -0.1) is 0 Å². The lowest BCUT2D eigenvalue weighted by Crippen LogP contribution is -2.40. The second-order valence-corrected chi connectivity index (χ2v) is 5.67. The number of nitrogens with one attached hydrogen (secondary N) is 1. The molecule has 1 amide bonds. The van der Waals surface area contributed by atoms with Gasteiger partial charge in [0.25, 0.3) is 5.91 Å². The number of carbonyl (C=O) groups excluding carboxylic acids is 1. The van der Waals surface area contributed by atoms with Crippen LogP contribution in [0.1, 0.15) is 34.7 Å². The van der Waals surface area contributed by atoms with Crippen LogP contribution in [0.5, 0.6) is 0 Å². The third kappa shape index (κ3) is 3.24.